The number of rotatable bonds is 35. The maximum atomic E-state index is 12.1. The van der Waals surface area contributed by atoms with Crippen molar-refractivity contribution in [1.82, 2.24) is 0 Å². The zero-order valence-electron chi connectivity index (χ0n) is 29.9. The Morgan fingerprint density at radius 1 is 0.556 bits per heavy atom. The van der Waals surface area contributed by atoms with Crippen LogP contribution in [0.3, 0.4) is 0 Å². The van der Waals surface area contributed by atoms with Gasteiger partial charge in [-0.05, 0) is 51.4 Å². The third-order valence-electron chi connectivity index (χ3n) is 8.17. The Morgan fingerprint density at radius 3 is 1.51 bits per heavy atom. The largest absolute Gasteiger partial charge is 0.457 e. The number of unbranched alkanes of at least 4 members (excludes halogenated alkanes) is 19. The van der Waals surface area contributed by atoms with Crippen molar-refractivity contribution in [2.24, 2.45) is 0 Å². The summed E-state index contributed by atoms with van der Waals surface area (Å²) in [5.74, 6) is -0.205. The Balaban J connectivity index is 3.41. The number of hydrogen-bond acceptors (Lipinski definition) is 4. The lowest BCUT2D eigenvalue weighted by Gasteiger charge is -2.16. The van der Waals surface area contributed by atoms with Gasteiger partial charge in [0, 0.05) is 13.0 Å². The summed E-state index contributed by atoms with van der Waals surface area (Å²) in [4.78, 5) is 12.1. The van der Waals surface area contributed by atoms with Crippen molar-refractivity contribution >= 4 is 5.97 Å². The normalized spacial score (nSPS) is 12.9. The number of aliphatic hydroxyl groups excluding tert-OH is 1. The Morgan fingerprint density at radius 2 is 1.00 bits per heavy atom. The number of ether oxygens (including phenoxy) is 2. The molecule has 0 spiro atoms. The number of carbonyl (C=O) groups excluding carboxylic acids is 1. The van der Waals surface area contributed by atoms with Gasteiger partial charge in [-0.1, -0.05) is 172 Å². The molecule has 0 aromatic carbocycles. The first-order chi connectivity index (χ1) is 22.2. The number of aliphatic hydroxyl groups is 1. The van der Waals surface area contributed by atoms with Crippen molar-refractivity contribution in [2.45, 2.75) is 187 Å². The van der Waals surface area contributed by atoms with Crippen LogP contribution >= 0.6 is 0 Å². The summed E-state index contributed by atoms with van der Waals surface area (Å²) in [6, 6.07) is 0. The van der Waals surface area contributed by atoms with Crippen molar-refractivity contribution in [1.29, 1.82) is 0 Å². The third-order valence-corrected chi connectivity index (χ3v) is 8.17. The van der Waals surface area contributed by atoms with Gasteiger partial charge in [-0.3, -0.25) is 4.79 Å². The van der Waals surface area contributed by atoms with E-state index in [9.17, 15) is 9.90 Å². The molecule has 0 bridgehead atoms. The molecular formula is C41H74O4. The average molecular weight is 631 g/mol. The number of allylic oxidation sites excluding steroid dienone is 8. The lowest BCUT2D eigenvalue weighted by atomic mass is 10.0. The van der Waals surface area contributed by atoms with E-state index < -0.39 is 6.10 Å². The van der Waals surface area contributed by atoms with E-state index in [0.29, 0.717) is 19.6 Å². The molecule has 45 heavy (non-hydrogen) atoms. The second-order valence-corrected chi connectivity index (χ2v) is 12.6. The lowest BCUT2D eigenvalue weighted by Crippen LogP contribution is -2.27. The molecule has 1 atom stereocenters. The quantitative estimate of drug-likeness (QED) is 0.0430. The molecule has 0 saturated heterocycles. The zero-order chi connectivity index (χ0) is 32.7. The van der Waals surface area contributed by atoms with Crippen molar-refractivity contribution in [3.63, 3.8) is 0 Å². The van der Waals surface area contributed by atoms with E-state index in [0.717, 1.165) is 44.9 Å². The number of hydrogen-bond donors (Lipinski definition) is 1. The van der Waals surface area contributed by atoms with Gasteiger partial charge in [0.2, 0.25) is 0 Å². The molecule has 0 heterocycles. The molecule has 1 N–H and O–H groups in total. The van der Waals surface area contributed by atoms with E-state index >= 15 is 0 Å². The monoisotopic (exact) mass is 631 g/mol. The fraction of sp³-hybridized carbons (Fsp3) is 0.780. The molecule has 0 aliphatic heterocycles. The first kappa shape index (κ1) is 43.4. The fourth-order valence-electron chi connectivity index (χ4n) is 5.32. The molecule has 0 amide bonds. The second-order valence-electron chi connectivity index (χ2n) is 12.6. The van der Waals surface area contributed by atoms with Gasteiger partial charge in [-0.2, -0.15) is 0 Å². The highest BCUT2D eigenvalue weighted by atomic mass is 16.6. The Labute approximate surface area is 280 Å². The van der Waals surface area contributed by atoms with Gasteiger partial charge in [0.15, 0.2) is 0 Å². The highest BCUT2D eigenvalue weighted by Gasteiger charge is 2.13. The Bertz CT molecular complexity index is 708. The summed E-state index contributed by atoms with van der Waals surface area (Å²) in [5.41, 5.74) is 0. The highest BCUT2D eigenvalue weighted by molar-refractivity contribution is 5.69. The van der Waals surface area contributed by atoms with Crippen LogP contribution in [0.1, 0.15) is 181 Å². The highest BCUT2D eigenvalue weighted by Crippen LogP contribution is 2.14. The van der Waals surface area contributed by atoms with Crippen molar-refractivity contribution in [3.8, 4) is 0 Å². The van der Waals surface area contributed by atoms with Gasteiger partial charge in [-0.15, -0.1) is 0 Å². The minimum Gasteiger partial charge on any atom is -0.457 e. The van der Waals surface area contributed by atoms with Crippen LogP contribution < -0.4 is 0 Å². The molecule has 1 unspecified atom stereocenters. The van der Waals surface area contributed by atoms with Gasteiger partial charge in [0.25, 0.3) is 0 Å². The van der Waals surface area contributed by atoms with Gasteiger partial charge < -0.3 is 14.6 Å². The molecule has 0 aliphatic rings. The minimum atomic E-state index is -0.531. The average Bonchev–Trinajstić information content (AvgIpc) is 3.05. The molecule has 4 nitrogen and oxygen atoms in total. The van der Waals surface area contributed by atoms with Crippen molar-refractivity contribution in [2.75, 3.05) is 19.8 Å². The molecular weight excluding hydrogens is 556 g/mol. The number of carbonyl (C=O) groups is 1. The van der Waals surface area contributed by atoms with Gasteiger partial charge in [0.1, 0.15) is 6.10 Å². The molecule has 0 saturated carbocycles. The maximum Gasteiger partial charge on any atom is 0.306 e. The topological polar surface area (TPSA) is 55.8 Å². The van der Waals surface area contributed by atoms with Gasteiger partial charge in [-0.25, -0.2) is 0 Å². The Kier molecular flexibility index (Phi) is 37.1. The van der Waals surface area contributed by atoms with Gasteiger partial charge in [0.05, 0.1) is 13.2 Å². The summed E-state index contributed by atoms with van der Waals surface area (Å²) in [7, 11) is 0. The SMILES string of the molecule is CC/C=C\C/C=C\C/C=C\C/C=C\CCCCCCCCCCCCCCC(=O)OC(CO)COCCCCCCCCCC. The third kappa shape index (κ3) is 36.7. The first-order valence-corrected chi connectivity index (χ1v) is 19.2. The smallest absolute Gasteiger partial charge is 0.306 e. The maximum absolute atomic E-state index is 12.1. The van der Waals surface area contributed by atoms with E-state index in [4.69, 9.17) is 9.47 Å². The van der Waals surface area contributed by atoms with Crippen LogP contribution in [0, 0.1) is 0 Å². The van der Waals surface area contributed by atoms with Crippen LogP contribution in [0.5, 0.6) is 0 Å². The molecule has 0 rings (SSSR count). The van der Waals surface area contributed by atoms with E-state index in [1.165, 1.54) is 116 Å². The molecule has 0 fully saturated rings. The molecule has 0 aromatic heterocycles. The molecule has 0 aliphatic carbocycles. The van der Waals surface area contributed by atoms with Gasteiger partial charge >= 0.3 is 5.97 Å². The van der Waals surface area contributed by atoms with Crippen LogP contribution in [-0.4, -0.2) is 37.0 Å². The predicted molar refractivity (Wildman–Crippen MR) is 196 cm³/mol. The summed E-state index contributed by atoms with van der Waals surface area (Å²) in [6.45, 7) is 5.22. The summed E-state index contributed by atoms with van der Waals surface area (Å²) < 4.78 is 11.1. The molecule has 0 radical (unpaired) electrons. The number of esters is 1. The molecule has 262 valence electrons. The van der Waals surface area contributed by atoms with Crippen LogP contribution in [0.4, 0.5) is 0 Å². The van der Waals surface area contributed by atoms with Crippen molar-refractivity contribution < 1.29 is 19.4 Å². The predicted octanol–water partition coefficient (Wildman–Crippen LogP) is 12.3. The lowest BCUT2D eigenvalue weighted by molar-refractivity contribution is -0.154. The zero-order valence-corrected chi connectivity index (χ0v) is 29.9. The van der Waals surface area contributed by atoms with E-state index in [1.807, 2.05) is 0 Å². The van der Waals surface area contributed by atoms with E-state index in [-0.39, 0.29) is 12.6 Å². The fourth-order valence-corrected chi connectivity index (χ4v) is 5.32. The van der Waals surface area contributed by atoms with Crippen LogP contribution in [0.15, 0.2) is 48.6 Å². The molecule has 4 heteroatoms. The van der Waals surface area contributed by atoms with Crippen LogP contribution in [0.2, 0.25) is 0 Å². The van der Waals surface area contributed by atoms with E-state index in [1.54, 1.807) is 0 Å². The minimum absolute atomic E-state index is 0.171. The summed E-state index contributed by atoms with van der Waals surface area (Å²) >= 11 is 0. The Hall–Kier alpha value is -1.65. The van der Waals surface area contributed by atoms with Crippen molar-refractivity contribution in [3.05, 3.63) is 48.6 Å². The first-order valence-electron chi connectivity index (χ1n) is 19.2. The van der Waals surface area contributed by atoms with Crippen LogP contribution in [-0.2, 0) is 14.3 Å². The standard InChI is InChI=1S/C41H74O4/c1-3-5-7-9-11-13-14-15-16-17-18-19-20-21-22-23-24-25-26-27-28-29-30-32-34-36-41(43)45-40(38-42)39-44-37-35-33-31-12-10-8-6-4-2/h5,7,11,13,15-16,18-19,40,42H,3-4,6,8-10,12,14,17,20-39H2,1-2H3/b7-5-,13-11-,16-15-,19-18-. The van der Waals surface area contributed by atoms with Crippen LogP contribution in [0.25, 0.3) is 0 Å². The second kappa shape index (κ2) is 38.5. The summed E-state index contributed by atoms with van der Waals surface area (Å²) in [6.07, 6.45) is 48.8. The summed E-state index contributed by atoms with van der Waals surface area (Å²) in [5, 5.41) is 9.52. The molecule has 0 aromatic rings. The van der Waals surface area contributed by atoms with E-state index in [2.05, 4.69) is 62.5 Å².